The van der Waals surface area contributed by atoms with Crippen molar-refractivity contribution in [2.24, 2.45) is 5.10 Å². The summed E-state index contributed by atoms with van der Waals surface area (Å²) in [4.78, 5) is 0. The molecule has 6 heteroatoms. The van der Waals surface area contributed by atoms with E-state index in [0.29, 0.717) is 11.6 Å². The molecule has 0 spiro atoms. The SMILES string of the molecule is CC(C)(C)c1ccc(-c2nnc3n2N=C(c2ccc(F)cc2)CS3)cc1. The van der Waals surface area contributed by atoms with Crippen LogP contribution in [0.5, 0.6) is 0 Å². The van der Waals surface area contributed by atoms with E-state index in [-0.39, 0.29) is 11.2 Å². The van der Waals surface area contributed by atoms with Crippen molar-refractivity contribution >= 4 is 17.5 Å². The van der Waals surface area contributed by atoms with Crippen LogP contribution < -0.4 is 0 Å². The summed E-state index contributed by atoms with van der Waals surface area (Å²) in [6.07, 6.45) is 0. The third-order valence-corrected chi connectivity index (χ3v) is 5.29. The molecule has 0 bridgehead atoms. The minimum absolute atomic E-state index is 0.104. The normalized spacial score (nSPS) is 14.1. The summed E-state index contributed by atoms with van der Waals surface area (Å²) in [5.41, 5.74) is 4.14. The highest BCUT2D eigenvalue weighted by Gasteiger charge is 2.21. The molecule has 0 aliphatic carbocycles. The standard InChI is InChI=1S/C20H19FN4S/c1-20(2,3)15-8-4-14(5-9-15)18-22-23-19-25(18)24-17(12-26-19)13-6-10-16(21)11-7-13/h4-11H,12H2,1-3H3. The maximum absolute atomic E-state index is 13.2. The van der Waals surface area contributed by atoms with Crippen LogP contribution in [0.3, 0.4) is 0 Å². The van der Waals surface area contributed by atoms with Crippen molar-refractivity contribution in [3.8, 4) is 11.4 Å². The van der Waals surface area contributed by atoms with Gasteiger partial charge in [0.05, 0.1) is 5.71 Å². The lowest BCUT2D eigenvalue weighted by Crippen LogP contribution is -2.14. The zero-order valence-electron chi connectivity index (χ0n) is 14.9. The number of hydrogen-bond donors (Lipinski definition) is 0. The van der Waals surface area contributed by atoms with Crippen molar-refractivity contribution in [3.63, 3.8) is 0 Å². The second-order valence-electron chi connectivity index (χ2n) is 7.29. The molecule has 1 aliphatic heterocycles. The first-order valence-corrected chi connectivity index (χ1v) is 9.43. The molecule has 26 heavy (non-hydrogen) atoms. The molecule has 0 saturated carbocycles. The molecule has 4 rings (SSSR count). The van der Waals surface area contributed by atoms with Gasteiger partial charge in [-0.1, -0.05) is 68.9 Å². The number of fused-ring (bicyclic) bond motifs is 1. The fourth-order valence-electron chi connectivity index (χ4n) is 2.81. The van der Waals surface area contributed by atoms with Crippen molar-refractivity contribution in [1.29, 1.82) is 0 Å². The van der Waals surface area contributed by atoms with Gasteiger partial charge in [0.15, 0.2) is 5.82 Å². The Morgan fingerprint density at radius 1 is 0.923 bits per heavy atom. The van der Waals surface area contributed by atoms with Crippen molar-refractivity contribution in [2.75, 3.05) is 5.75 Å². The van der Waals surface area contributed by atoms with Crippen molar-refractivity contribution < 1.29 is 4.39 Å². The third-order valence-electron chi connectivity index (χ3n) is 4.36. The van der Waals surface area contributed by atoms with E-state index in [1.54, 1.807) is 28.6 Å². The lowest BCUT2D eigenvalue weighted by atomic mass is 9.87. The number of aromatic nitrogens is 3. The van der Waals surface area contributed by atoms with Gasteiger partial charge >= 0.3 is 0 Å². The Kier molecular flexibility index (Phi) is 4.15. The number of thioether (sulfide) groups is 1. The Labute approximate surface area is 156 Å². The van der Waals surface area contributed by atoms with Gasteiger partial charge in [0.25, 0.3) is 0 Å². The number of halogens is 1. The zero-order valence-corrected chi connectivity index (χ0v) is 15.7. The van der Waals surface area contributed by atoms with Gasteiger partial charge in [0.2, 0.25) is 5.16 Å². The second kappa shape index (κ2) is 6.36. The molecular weight excluding hydrogens is 347 g/mol. The molecule has 4 nitrogen and oxygen atoms in total. The third kappa shape index (κ3) is 3.17. The zero-order chi connectivity index (χ0) is 18.3. The second-order valence-corrected chi connectivity index (χ2v) is 8.23. The average Bonchev–Trinajstić information content (AvgIpc) is 3.05. The monoisotopic (exact) mass is 366 g/mol. The molecule has 0 saturated heterocycles. The predicted molar refractivity (Wildman–Crippen MR) is 103 cm³/mol. The van der Waals surface area contributed by atoms with Gasteiger partial charge < -0.3 is 0 Å². The van der Waals surface area contributed by atoms with Gasteiger partial charge in [-0.3, -0.25) is 0 Å². The molecule has 3 aromatic rings. The highest BCUT2D eigenvalue weighted by molar-refractivity contribution is 7.99. The number of nitrogens with zero attached hydrogens (tertiary/aromatic N) is 4. The van der Waals surface area contributed by atoms with Crippen molar-refractivity contribution in [2.45, 2.75) is 31.3 Å². The van der Waals surface area contributed by atoms with E-state index in [4.69, 9.17) is 5.10 Å². The number of hydrogen-bond acceptors (Lipinski definition) is 4. The predicted octanol–water partition coefficient (Wildman–Crippen LogP) is 4.74. The summed E-state index contributed by atoms with van der Waals surface area (Å²) < 4.78 is 15.0. The molecule has 0 atom stereocenters. The largest absolute Gasteiger partial charge is 0.212 e. The van der Waals surface area contributed by atoms with Gasteiger partial charge in [-0.2, -0.15) is 9.78 Å². The molecule has 1 aromatic heterocycles. The Morgan fingerprint density at radius 3 is 2.23 bits per heavy atom. The van der Waals surface area contributed by atoms with E-state index in [9.17, 15) is 4.39 Å². The lowest BCUT2D eigenvalue weighted by Gasteiger charge is -2.19. The molecule has 1 aliphatic rings. The van der Waals surface area contributed by atoms with E-state index in [2.05, 4.69) is 55.2 Å². The summed E-state index contributed by atoms with van der Waals surface area (Å²) in [5, 5.41) is 14.1. The van der Waals surface area contributed by atoms with E-state index >= 15 is 0 Å². The van der Waals surface area contributed by atoms with Gasteiger partial charge in [-0.25, -0.2) is 4.39 Å². The summed E-state index contributed by atoms with van der Waals surface area (Å²) in [7, 11) is 0. The molecule has 0 unspecified atom stereocenters. The topological polar surface area (TPSA) is 43.1 Å². The van der Waals surface area contributed by atoms with Crippen LogP contribution in [0.1, 0.15) is 31.9 Å². The first-order chi connectivity index (χ1) is 12.4. The van der Waals surface area contributed by atoms with E-state index in [0.717, 1.165) is 22.0 Å². The number of rotatable bonds is 2. The van der Waals surface area contributed by atoms with E-state index in [1.807, 2.05) is 0 Å². The van der Waals surface area contributed by atoms with Gasteiger partial charge in [-0.05, 0) is 28.7 Å². The van der Waals surface area contributed by atoms with Crippen molar-refractivity contribution in [3.05, 3.63) is 65.5 Å². The fraction of sp³-hybridized carbons (Fsp3) is 0.250. The first-order valence-electron chi connectivity index (χ1n) is 8.45. The average molecular weight is 366 g/mol. The molecule has 2 aromatic carbocycles. The minimum atomic E-state index is -0.248. The Bertz CT molecular complexity index is 967. The minimum Gasteiger partial charge on any atom is -0.207 e. The molecule has 2 heterocycles. The maximum atomic E-state index is 13.2. The smallest absolute Gasteiger partial charge is 0.207 e. The summed E-state index contributed by atoms with van der Waals surface area (Å²) in [6.45, 7) is 6.57. The lowest BCUT2D eigenvalue weighted by molar-refractivity contribution is 0.590. The van der Waals surface area contributed by atoms with Crippen LogP contribution in [-0.2, 0) is 5.41 Å². The van der Waals surface area contributed by atoms with Gasteiger partial charge in [0.1, 0.15) is 5.82 Å². The summed E-state index contributed by atoms with van der Waals surface area (Å²) in [6, 6.07) is 14.8. The van der Waals surface area contributed by atoms with Crippen LogP contribution in [0.4, 0.5) is 4.39 Å². The number of benzene rings is 2. The summed E-state index contributed by atoms with van der Waals surface area (Å²) >= 11 is 1.58. The maximum Gasteiger partial charge on any atom is 0.212 e. The van der Waals surface area contributed by atoms with Crippen molar-refractivity contribution in [1.82, 2.24) is 14.9 Å². The van der Waals surface area contributed by atoms with E-state index < -0.39 is 0 Å². The molecule has 132 valence electrons. The van der Waals surface area contributed by atoms with Gasteiger partial charge in [-0.15, -0.1) is 10.2 Å². The molecule has 0 amide bonds. The Morgan fingerprint density at radius 2 is 1.58 bits per heavy atom. The first kappa shape index (κ1) is 17.0. The van der Waals surface area contributed by atoms with Crippen LogP contribution in [0.25, 0.3) is 11.4 Å². The van der Waals surface area contributed by atoms with Crippen LogP contribution in [-0.4, -0.2) is 26.3 Å². The Hall–Kier alpha value is -2.47. The highest BCUT2D eigenvalue weighted by atomic mass is 32.2. The summed E-state index contributed by atoms with van der Waals surface area (Å²) in [5.74, 6) is 1.15. The Balaban J connectivity index is 1.72. The van der Waals surface area contributed by atoms with E-state index in [1.165, 1.54) is 17.7 Å². The molecule has 0 fully saturated rings. The molecule has 0 N–H and O–H groups in total. The van der Waals surface area contributed by atoms with Crippen LogP contribution in [0, 0.1) is 5.82 Å². The quantitative estimate of drug-likeness (QED) is 0.658. The molecular formula is C20H19FN4S. The molecule has 0 radical (unpaired) electrons. The van der Waals surface area contributed by atoms with Crippen LogP contribution in [0.2, 0.25) is 0 Å². The highest BCUT2D eigenvalue weighted by Crippen LogP contribution is 2.30. The van der Waals surface area contributed by atoms with Crippen LogP contribution in [0.15, 0.2) is 58.8 Å². The van der Waals surface area contributed by atoms with Crippen LogP contribution >= 0.6 is 11.8 Å². The van der Waals surface area contributed by atoms with Gasteiger partial charge in [0, 0.05) is 11.3 Å². The fourth-order valence-corrected chi connectivity index (χ4v) is 3.65.